The molecule has 5 rings (SSSR count). The molecular weight excluding hydrogens is 514 g/mol. The number of rotatable bonds is 9. The van der Waals surface area contributed by atoms with Gasteiger partial charge in [0.25, 0.3) is 0 Å². The molecule has 0 saturated carbocycles. The van der Waals surface area contributed by atoms with Gasteiger partial charge in [0, 0.05) is 13.1 Å². The van der Waals surface area contributed by atoms with Crippen LogP contribution in [0.4, 0.5) is 0 Å². The van der Waals surface area contributed by atoms with Gasteiger partial charge in [-0.15, -0.1) is 0 Å². The van der Waals surface area contributed by atoms with Crippen molar-refractivity contribution < 1.29 is 38.3 Å². The molecule has 3 fully saturated rings. The van der Waals surface area contributed by atoms with E-state index < -0.39 is 66.5 Å². The fraction of sp³-hybridized carbons (Fsp3) is 0.581. The Morgan fingerprint density at radius 3 is 1.88 bits per heavy atom. The second-order valence-electron chi connectivity index (χ2n) is 11.9. The second-order valence-corrected chi connectivity index (χ2v) is 11.9. The lowest BCUT2D eigenvalue weighted by molar-refractivity contribution is -0.255. The molecule has 3 aliphatic heterocycles. The lowest BCUT2D eigenvalue weighted by Gasteiger charge is -2.45. The van der Waals surface area contributed by atoms with Crippen LogP contribution in [-0.2, 0) is 46.3 Å². The normalized spacial score (nSPS) is 30.1. The predicted molar refractivity (Wildman–Crippen MR) is 146 cm³/mol. The van der Waals surface area contributed by atoms with E-state index in [9.17, 15) is 9.90 Å². The van der Waals surface area contributed by atoms with E-state index >= 15 is 0 Å². The lowest BCUT2D eigenvalue weighted by atomic mass is 9.89. The van der Waals surface area contributed by atoms with E-state index in [1.807, 2.05) is 88.4 Å². The van der Waals surface area contributed by atoms with Gasteiger partial charge in [-0.25, -0.2) is 4.79 Å². The van der Waals surface area contributed by atoms with Gasteiger partial charge in [-0.05, 0) is 52.7 Å². The third-order valence-corrected chi connectivity index (χ3v) is 7.32. The van der Waals surface area contributed by atoms with Crippen LogP contribution in [0.2, 0.25) is 0 Å². The zero-order chi connectivity index (χ0) is 28.7. The van der Waals surface area contributed by atoms with Crippen molar-refractivity contribution in [2.75, 3.05) is 0 Å². The highest BCUT2D eigenvalue weighted by Gasteiger charge is 2.63. The smallest absolute Gasteiger partial charge is 0.336 e. The van der Waals surface area contributed by atoms with Gasteiger partial charge >= 0.3 is 5.97 Å². The summed E-state index contributed by atoms with van der Waals surface area (Å²) in [5.74, 6) is -2.56. The maximum absolute atomic E-state index is 13.3. The van der Waals surface area contributed by atoms with E-state index in [0.717, 1.165) is 11.1 Å². The van der Waals surface area contributed by atoms with Crippen molar-refractivity contribution in [1.82, 2.24) is 4.90 Å². The van der Waals surface area contributed by atoms with E-state index in [1.165, 1.54) is 0 Å². The number of nitrogens with zero attached hydrogens (tertiary/aromatic N) is 1. The first kappa shape index (κ1) is 29.1. The van der Waals surface area contributed by atoms with Crippen molar-refractivity contribution in [3.05, 3.63) is 71.8 Å². The number of carbonyl (C=O) groups is 1. The van der Waals surface area contributed by atoms with Crippen molar-refractivity contribution in [2.45, 2.75) is 115 Å². The van der Waals surface area contributed by atoms with Crippen LogP contribution >= 0.6 is 0 Å². The number of carbonyl (C=O) groups excluding carboxylic acids is 1. The van der Waals surface area contributed by atoms with Crippen LogP contribution < -0.4 is 0 Å². The molecule has 0 aliphatic carbocycles. The minimum absolute atomic E-state index is 0.402. The SMILES string of the molecule is CC(C)OC(=O)[C@@H](O)[C@H]([C@H]1O[C@@H]2OC(C)(C)O[C@@H]2[C@H]2OC(C)(C)O[C@H]21)N(Cc1ccccc1)Cc1ccccc1. The molecule has 2 aromatic carbocycles. The van der Waals surface area contributed by atoms with Crippen LogP contribution in [-0.4, -0.2) is 76.5 Å². The second kappa shape index (κ2) is 11.5. The number of benzene rings is 2. The molecule has 3 heterocycles. The van der Waals surface area contributed by atoms with Crippen molar-refractivity contribution in [3.63, 3.8) is 0 Å². The number of hydrogen-bond donors (Lipinski definition) is 1. The highest BCUT2D eigenvalue weighted by atomic mass is 16.9. The van der Waals surface area contributed by atoms with Gasteiger partial charge in [-0.1, -0.05) is 60.7 Å². The summed E-state index contributed by atoms with van der Waals surface area (Å²) in [6, 6.07) is 19.0. The molecule has 0 radical (unpaired) electrons. The number of aliphatic hydroxyl groups excluding tert-OH is 1. The molecule has 2 aromatic rings. The van der Waals surface area contributed by atoms with Crippen molar-refractivity contribution >= 4 is 5.97 Å². The van der Waals surface area contributed by atoms with Crippen LogP contribution in [0, 0.1) is 0 Å². The van der Waals surface area contributed by atoms with Gasteiger partial charge in [0.1, 0.15) is 24.4 Å². The zero-order valence-corrected chi connectivity index (χ0v) is 24.1. The molecule has 0 amide bonds. The van der Waals surface area contributed by atoms with Gasteiger partial charge in [-0.3, -0.25) is 4.90 Å². The molecule has 218 valence electrons. The standard InChI is InChI=1S/C31H41NO8/c1-19(2)35-28(34)23(33)22(32(17-20-13-9-7-10-14-20)18-21-15-11-8-12-16-21)24-25-26(38-30(3,4)37-25)27-29(36-24)40-31(5,6)39-27/h7-16,19,22-27,29,33H,17-18H2,1-6H3/t22-,23+,24-,25+,26+,27-,29-/m1/s1. The van der Waals surface area contributed by atoms with Crippen molar-refractivity contribution in [2.24, 2.45) is 0 Å². The molecule has 1 N–H and O–H groups in total. The molecule has 3 aliphatic rings. The highest BCUT2D eigenvalue weighted by molar-refractivity contribution is 5.75. The summed E-state index contributed by atoms with van der Waals surface area (Å²) < 4.78 is 37.2. The molecule has 9 heteroatoms. The largest absolute Gasteiger partial charge is 0.461 e. The maximum atomic E-state index is 13.3. The molecule has 40 heavy (non-hydrogen) atoms. The predicted octanol–water partition coefficient (Wildman–Crippen LogP) is 3.77. The summed E-state index contributed by atoms with van der Waals surface area (Å²) in [4.78, 5) is 15.4. The Hall–Kier alpha value is -2.37. The average molecular weight is 556 g/mol. The van der Waals surface area contributed by atoms with Crippen molar-refractivity contribution in [1.29, 1.82) is 0 Å². The summed E-state index contributed by atoms with van der Waals surface area (Å²) in [6.07, 6.45) is -5.24. The quantitative estimate of drug-likeness (QED) is 0.464. The monoisotopic (exact) mass is 555 g/mol. The van der Waals surface area contributed by atoms with Crippen LogP contribution in [0.15, 0.2) is 60.7 Å². The fourth-order valence-corrected chi connectivity index (χ4v) is 5.85. The number of fused-ring (bicyclic) bond motifs is 3. The van der Waals surface area contributed by atoms with E-state index in [2.05, 4.69) is 4.90 Å². The molecule has 0 bridgehead atoms. The van der Waals surface area contributed by atoms with Crippen molar-refractivity contribution in [3.8, 4) is 0 Å². The Kier molecular flexibility index (Phi) is 8.37. The Morgan fingerprint density at radius 1 is 0.825 bits per heavy atom. The Bertz CT molecular complexity index is 1100. The minimum Gasteiger partial charge on any atom is -0.461 e. The van der Waals surface area contributed by atoms with Gasteiger partial charge in [0.2, 0.25) is 0 Å². The minimum atomic E-state index is -1.54. The maximum Gasteiger partial charge on any atom is 0.336 e. The number of esters is 1. The fourth-order valence-electron chi connectivity index (χ4n) is 5.85. The molecule has 0 aromatic heterocycles. The van der Waals surface area contributed by atoms with Crippen LogP contribution in [0.25, 0.3) is 0 Å². The molecule has 0 spiro atoms. The summed E-state index contributed by atoms with van der Waals surface area (Å²) in [5, 5.41) is 11.7. The van der Waals surface area contributed by atoms with Crippen LogP contribution in [0.5, 0.6) is 0 Å². The van der Waals surface area contributed by atoms with E-state index in [1.54, 1.807) is 13.8 Å². The Labute approximate surface area is 236 Å². The van der Waals surface area contributed by atoms with Gasteiger partial charge in [-0.2, -0.15) is 0 Å². The summed E-state index contributed by atoms with van der Waals surface area (Å²) in [7, 11) is 0. The van der Waals surface area contributed by atoms with Gasteiger partial charge in [0.05, 0.1) is 12.1 Å². The summed E-state index contributed by atoms with van der Waals surface area (Å²) in [5.41, 5.74) is 2.03. The number of aliphatic hydroxyl groups is 1. The third kappa shape index (κ3) is 6.41. The molecule has 9 nitrogen and oxygen atoms in total. The van der Waals surface area contributed by atoms with Gasteiger partial charge < -0.3 is 33.5 Å². The zero-order valence-electron chi connectivity index (χ0n) is 24.1. The van der Waals surface area contributed by atoms with E-state index in [-0.39, 0.29) is 0 Å². The highest BCUT2D eigenvalue weighted by Crippen LogP contribution is 2.46. The lowest BCUT2D eigenvalue weighted by Crippen LogP contribution is -2.65. The molecule has 7 atom stereocenters. The first-order valence-corrected chi connectivity index (χ1v) is 14.0. The Morgan fingerprint density at radius 2 is 1.32 bits per heavy atom. The first-order chi connectivity index (χ1) is 18.9. The van der Waals surface area contributed by atoms with E-state index in [4.69, 9.17) is 28.4 Å². The molecular formula is C31H41NO8. The third-order valence-electron chi connectivity index (χ3n) is 7.32. The summed E-state index contributed by atoms with van der Waals surface area (Å²) >= 11 is 0. The Balaban J connectivity index is 1.57. The summed E-state index contributed by atoms with van der Waals surface area (Å²) in [6.45, 7) is 11.7. The average Bonchev–Trinajstić information content (AvgIpc) is 3.38. The number of hydrogen-bond acceptors (Lipinski definition) is 9. The topological polar surface area (TPSA) is 95.9 Å². The van der Waals surface area contributed by atoms with E-state index in [0.29, 0.717) is 13.1 Å². The first-order valence-electron chi connectivity index (χ1n) is 14.0. The van der Waals surface area contributed by atoms with Crippen LogP contribution in [0.3, 0.4) is 0 Å². The van der Waals surface area contributed by atoms with Gasteiger partial charge in [0.15, 0.2) is 24.0 Å². The molecule has 3 saturated heterocycles. The van der Waals surface area contributed by atoms with Crippen LogP contribution in [0.1, 0.15) is 52.7 Å². The molecule has 0 unspecified atom stereocenters. The number of ether oxygens (including phenoxy) is 6.